The first-order valence-corrected chi connectivity index (χ1v) is 11.1. The van der Waals surface area contributed by atoms with Crippen LogP contribution in [0.4, 0.5) is 0 Å². The molecule has 0 N–H and O–H groups in total. The third-order valence-corrected chi connectivity index (χ3v) is 6.21. The van der Waals surface area contributed by atoms with Crippen LogP contribution < -0.4 is 11.2 Å². The van der Waals surface area contributed by atoms with Crippen LogP contribution in [0.25, 0.3) is 5.69 Å². The van der Waals surface area contributed by atoms with Gasteiger partial charge in [0.15, 0.2) is 0 Å². The maximum absolute atomic E-state index is 13.4. The molecule has 0 saturated carbocycles. The molecule has 0 unspecified atom stereocenters. The molecule has 0 bridgehead atoms. The van der Waals surface area contributed by atoms with Crippen LogP contribution in [0.3, 0.4) is 0 Å². The van der Waals surface area contributed by atoms with Gasteiger partial charge in [-0.2, -0.15) is 9.78 Å². The summed E-state index contributed by atoms with van der Waals surface area (Å²) in [6, 6.07) is 13.1. The molecule has 2 heterocycles. The summed E-state index contributed by atoms with van der Waals surface area (Å²) in [5.41, 5.74) is 2.96. The molecule has 172 valence electrons. The number of nitrogens with zero attached hydrogens (tertiary/aromatic N) is 5. The van der Waals surface area contributed by atoms with Crippen LogP contribution in [0.2, 0.25) is 0 Å². The Labute approximate surface area is 192 Å². The van der Waals surface area contributed by atoms with Gasteiger partial charge in [-0.3, -0.25) is 14.2 Å². The number of carbonyl (C=O) groups is 1. The summed E-state index contributed by atoms with van der Waals surface area (Å²) in [6.07, 6.45) is 0. The van der Waals surface area contributed by atoms with Crippen LogP contribution in [0.15, 0.2) is 52.1 Å². The quantitative estimate of drug-likeness (QED) is 0.609. The molecule has 1 aliphatic rings. The number of likely N-dealkylation sites (N-methyl/N-ethyl adjacent to an activating group) is 1. The minimum Gasteiger partial charge on any atom is -0.335 e. The topological polar surface area (TPSA) is 80.4 Å². The van der Waals surface area contributed by atoms with Gasteiger partial charge in [0.2, 0.25) is 5.69 Å². The third-order valence-electron chi connectivity index (χ3n) is 6.21. The standard InChI is InChI=1S/C25H29N5O3/c1-17-6-5-7-20(14-17)16-29-24(32)22(23(31)28-12-10-27(4)11-13-28)26-30(25(29)33)21-9-8-18(2)19(3)15-21/h5-9,14-15H,10-13,16H2,1-4H3. The Morgan fingerprint density at radius 1 is 0.939 bits per heavy atom. The molecular weight excluding hydrogens is 418 g/mol. The van der Waals surface area contributed by atoms with Crippen LogP contribution in [0, 0.1) is 20.8 Å². The molecule has 33 heavy (non-hydrogen) atoms. The Kier molecular flexibility index (Phi) is 6.29. The summed E-state index contributed by atoms with van der Waals surface area (Å²) >= 11 is 0. The van der Waals surface area contributed by atoms with Crippen molar-refractivity contribution in [3.63, 3.8) is 0 Å². The summed E-state index contributed by atoms with van der Waals surface area (Å²) in [4.78, 5) is 43.8. The fourth-order valence-corrected chi connectivity index (χ4v) is 3.97. The van der Waals surface area contributed by atoms with Crippen LogP contribution >= 0.6 is 0 Å². The van der Waals surface area contributed by atoms with Gasteiger partial charge in [0, 0.05) is 26.2 Å². The third kappa shape index (κ3) is 4.66. The minimum absolute atomic E-state index is 0.0652. The highest BCUT2D eigenvalue weighted by Crippen LogP contribution is 2.13. The molecule has 1 amide bonds. The Morgan fingerprint density at radius 3 is 2.33 bits per heavy atom. The normalized spacial score (nSPS) is 14.5. The monoisotopic (exact) mass is 447 g/mol. The van der Waals surface area contributed by atoms with Crippen molar-refractivity contribution >= 4 is 5.91 Å². The zero-order valence-corrected chi connectivity index (χ0v) is 19.5. The predicted octanol–water partition coefficient (Wildman–Crippen LogP) is 1.76. The lowest BCUT2D eigenvalue weighted by atomic mass is 10.1. The minimum atomic E-state index is -0.662. The first-order valence-electron chi connectivity index (χ1n) is 11.1. The van der Waals surface area contributed by atoms with Gasteiger partial charge in [-0.25, -0.2) is 4.79 Å². The molecule has 1 fully saturated rings. The van der Waals surface area contributed by atoms with E-state index >= 15 is 0 Å². The van der Waals surface area contributed by atoms with E-state index in [2.05, 4.69) is 10.00 Å². The van der Waals surface area contributed by atoms with E-state index in [9.17, 15) is 14.4 Å². The number of aromatic nitrogens is 3. The number of aryl methyl sites for hydroxylation is 3. The van der Waals surface area contributed by atoms with Crippen molar-refractivity contribution in [1.29, 1.82) is 0 Å². The van der Waals surface area contributed by atoms with Crippen molar-refractivity contribution in [1.82, 2.24) is 24.1 Å². The van der Waals surface area contributed by atoms with E-state index in [1.54, 1.807) is 11.0 Å². The zero-order chi connectivity index (χ0) is 23.7. The smallest absolute Gasteiger partial charge is 0.335 e. The van der Waals surface area contributed by atoms with Crippen molar-refractivity contribution in [3.8, 4) is 5.69 Å². The number of hydrogen-bond acceptors (Lipinski definition) is 5. The van der Waals surface area contributed by atoms with Gasteiger partial charge >= 0.3 is 5.69 Å². The Bertz CT molecular complexity index is 1320. The molecule has 8 nitrogen and oxygen atoms in total. The second-order valence-electron chi connectivity index (χ2n) is 8.79. The maximum Gasteiger partial charge on any atom is 0.352 e. The first kappa shape index (κ1) is 22.7. The highest BCUT2D eigenvalue weighted by molar-refractivity contribution is 5.92. The zero-order valence-electron chi connectivity index (χ0n) is 19.5. The van der Waals surface area contributed by atoms with Crippen molar-refractivity contribution in [2.75, 3.05) is 33.2 Å². The van der Waals surface area contributed by atoms with Crippen molar-refractivity contribution in [2.45, 2.75) is 27.3 Å². The fourth-order valence-electron chi connectivity index (χ4n) is 3.97. The number of carbonyl (C=O) groups excluding carboxylic acids is 1. The lowest BCUT2D eigenvalue weighted by Gasteiger charge is -2.32. The average molecular weight is 448 g/mol. The molecule has 0 spiro atoms. The molecule has 0 aliphatic carbocycles. The van der Waals surface area contributed by atoms with E-state index in [-0.39, 0.29) is 12.2 Å². The van der Waals surface area contributed by atoms with Gasteiger partial charge < -0.3 is 9.80 Å². The summed E-state index contributed by atoms with van der Waals surface area (Å²) in [5.74, 6) is -0.441. The highest BCUT2D eigenvalue weighted by Gasteiger charge is 2.27. The van der Waals surface area contributed by atoms with E-state index in [0.717, 1.165) is 39.9 Å². The Hall–Kier alpha value is -3.52. The lowest BCUT2D eigenvalue weighted by Crippen LogP contribution is -2.51. The van der Waals surface area contributed by atoms with Gasteiger partial charge in [-0.05, 0) is 56.6 Å². The summed E-state index contributed by atoms with van der Waals surface area (Å²) in [5, 5.41) is 4.29. The molecular formula is C25H29N5O3. The molecule has 8 heteroatoms. The van der Waals surface area contributed by atoms with Gasteiger partial charge in [-0.1, -0.05) is 35.9 Å². The van der Waals surface area contributed by atoms with Crippen LogP contribution in [0.1, 0.15) is 32.7 Å². The largest absolute Gasteiger partial charge is 0.352 e. The maximum atomic E-state index is 13.4. The van der Waals surface area contributed by atoms with E-state index in [0.29, 0.717) is 18.8 Å². The SMILES string of the molecule is Cc1cccc(Cn2c(=O)c(C(=O)N3CCN(C)CC3)nn(-c3ccc(C)c(C)c3)c2=O)c1. The number of amides is 1. The van der Waals surface area contributed by atoms with E-state index in [1.807, 2.05) is 64.2 Å². The van der Waals surface area contributed by atoms with E-state index in [1.165, 1.54) is 4.68 Å². The Morgan fingerprint density at radius 2 is 1.67 bits per heavy atom. The highest BCUT2D eigenvalue weighted by atomic mass is 16.2. The number of rotatable bonds is 4. The molecule has 0 atom stereocenters. The lowest BCUT2D eigenvalue weighted by molar-refractivity contribution is 0.0652. The van der Waals surface area contributed by atoms with E-state index < -0.39 is 17.2 Å². The number of piperazine rings is 1. The molecule has 3 aromatic rings. The van der Waals surface area contributed by atoms with E-state index in [4.69, 9.17) is 0 Å². The van der Waals surface area contributed by atoms with Crippen LogP contribution in [-0.4, -0.2) is 63.3 Å². The average Bonchev–Trinajstić information content (AvgIpc) is 2.79. The molecule has 2 aromatic carbocycles. The molecule has 0 radical (unpaired) electrons. The predicted molar refractivity (Wildman–Crippen MR) is 127 cm³/mol. The van der Waals surface area contributed by atoms with Crippen molar-refractivity contribution < 1.29 is 4.79 Å². The fraction of sp³-hybridized carbons (Fsp3) is 0.360. The van der Waals surface area contributed by atoms with Crippen LogP contribution in [-0.2, 0) is 6.54 Å². The van der Waals surface area contributed by atoms with Crippen molar-refractivity contribution in [3.05, 3.63) is 91.3 Å². The first-order chi connectivity index (χ1) is 15.7. The molecule has 1 aliphatic heterocycles. The number of benzene rings is 2. The second-order valence-corrected chi connectivity index (χ2v) is 8.79. The van der Waals surface area contributed by atoms with Gasteiger partial charge in [0.25, 0.3) is 11.5 Å². The van der Waals surface area contributed by atoms with Gasteiger partial charge in [0.1, 0.15) is 0 Å². The van der Waals surface area contributed by atoms with Crippen molar-refractivity contribution in [2.24, 2.45) is 0 Å². The van der Waals surface area contributed by atoms with Crippen LogP contribution in [0.5, 0.6) is 0 Å². The molecule has 1 saturated heterocycles. The summed E-state index contributed by atoms with van der Waals surface area (Å²) in [6.45, 7) is 8.41. The molecule has 1 aromatic heterocycles. The molecule has 4 rings (SSSR count). The van der Waals surface area contributed by atoms with Gasteiger partial charge in [-0.15, -0.1) is 0 Å². The number of hydrogen-bond donors (Lipinski definition) is 0. The van der Waals surface area contributed by atoms with Gasteiger partial charge in [0.05, 0.1) is 12.2 Å². The summed E-state index contributed by atoms with van der Waals surface area (Å²) < 4.78 is 2.28. The second kappa shape index (κ2) is 9.15. The summed E-state index contributed by atoms with van der Waals surface area (Å²) in [7, 11) is 1.99. The Balaban J connectivity index is 1.86.